The Morgan fingerprint density at radius 3 is 2.79 bits per heavy atom. The summed E-state index contributed by atoms with van der Waals surface area (Å²) in [6, 6.07) is 9.18. The highest BCUT2D eigenvalue weighted by atomic mass is 16.5. The Morgan fingerprint density at radius 1 is 1.18 bits per heavy atom. The molecule has 1 aromatic carbocycles. The molecule has 3 aromatic rings. The fourth-order valence-corrected chi connectivity index (χ4v) is 3.91. The molecule has 1 fully saturated rings. The third-order valence-electron chi connectivity index (χ3n) is 5.64. The molecule has 2 aromatic heterocycles. The average molecular weight is 451 g/mol. The number of carbonyl (C=O) groups excluding carboxylic acids is 1. The Kier molecular flexibility index (Phi) is 7.64. The monoisotopic (exact) mass is 450 g/mol. The molecule has 0 spiro atoms. The Bertz CT molecular complexity index is 1130. The van der Waals surface area contributed by atoms with Crippen LogP contribution in [0.2, 0.25) is 0 Å². The summed E-state index contributed by atoms with van der Waals surface area (Å²) in [5.74, 6) is -0.232. The number of hydrogen-bond donors (Lipinski definition) is 1. The van der Waals surface area contributed by atoms with E-state index in [2.05, 4.69) is 20.4 Å². The summed E-state index contributed by atoms with van der Waals surface area (Å²) >= 11 is 0. The molecule has 0 atom stereocenters. The third kappa shape index (κ3) is 6.59. The molecule has 0 amide bonds. The predicted molar refractivity (Wildman–Crippen MR) is 124 cm³/mol. The number of nitrogens with one attached hydrogen (secondary N) is 1. The zero-order valence-electron chi connectivity index (χ0n) is 18.9. The van der Waals surface area contributed by atoms with Crippen molar-refractivity contribution in [3.05, 3.63) is 76.0 Å². The smallest absolute Gasteiger partial charge is 0.310 e. The number of rotatable bonds is 9. The van der Waals surface area contributed by atoms with Crippen LogP contribution in [-0.4, -0.2) is 69.8 Å². The second kappa shape index (κ2) is 11.0. The molecule has 0 radical (unpaired) electrons. The molecule has 1 N–H and O–H groups in total. The van der Waals surface area contributed by atoms with Gasteiger partial charge in [0.15, 0.2) is 0 Å². The maximum absolute atomic E-state index is 12.4. The molecular weight excluding hydrogens is 420 g/mol. The quantitative estimate of drug-likeness (QED) is 0.383. The minimum absolute atomic E-state index is 0.121. The van der Waals surface area contributed by atoms with Crippen molar-refractivity contribution in [1.82, 2.24) is 29.8 Å². The maximum atomic E-state index is 12.4. The minimum Gasteiger partial charge on any atom is -0.465 e. The Morgan fingerprint density at radius 2 is 2.00 bits per heavy atom. The van der Waals surface area contributed by atoms with Gasteiger partial charge < -0.3 is 15.0 Å². The van der Waals surface area contributed by atoms with E-state index in [1.54, 1.807) is 21.8 Å². The first-order chi connectivity index (χ1) is 16.1. The number of ether oxygens (including phenoxy) is 1. The van der Waals surface area contributed by atoms with Gasteiger partial charge in [-0.05, 0) is 17.5 Å². The lowest BCUT2D eigenvalue weighted by atomic mass is 10.0. The van der Waals surface area contributed by atoms with E-state index in [4.69, 9.17) is 4.74 Å². The van der Waals surface area contributed by atoms with Crippen LogP contribution in [0.4, 0.5) is 0 Å². The van der Waals surface area contributed by atoms with Gasteiger partial charge in [0, 0.05) is 58.5 Å². The summed E-state index contributed by atoms with van der Waals surface area (Å²) in [6.45, 7) is 5.52. The third-order valence-corrected chi connectivity index (χ3v) is 5.64. The van der Waals surface area contributed by atoms with Crippen molar-refractivity contribution < 1.29 is 9.53 Å². The van der Waals surface area contributed by atoms with E-state index >= 15 is 0 Å². The molecule has 4 rings (SSSR count). The van der Waals surface area contributed by atoms with Crippen LogP contribution in [0.25, 0.3) is 5.69 Å². The molecule has 0 aliphatic carbocycles. The van der Waals surface area contributed by atoms with E-state index in [1.165, 1.54) is 6.07 Å². The van der Waals surface area contributed by atoms with Crippen molar-refractivity contribution in [2.75, 3.05) is 39.3 Å². The number of aromatic nitrogens is 4. The Balaban J connectivity index is 1.31. The van der Waals surface area contributed by atoms with Crippen molar-refractivity contribution in [3.63, 3.8) is 0 Å². The fraction of sp³-hybridized carbons (Fsp3) is 0.417. The van der Waals surface area contributed by atoms with Gasteiger partial charge in [-0.2, -0.15) is 10.2 Å². The molecule has 9 heteroatoms. The van der Waals surface area contributed by atoms with Gasteiger partial charge in [-0.1, -0.05) is 24.3 Å². The van der Waals surface area contributed by atoms with Crippen molar-refractivity contribution in [3.8, 4) is 5.69 Å². The summed E-state index contributed by atoms with van der Waals surface area (Å²) in [7, 11) is 1.83. The zero-order chi connectivity index (χ0) is 23.0. The first-order valence-corrected chi connectivity index (χ1v) is 11.3. The van der Waals surface area contributed by atoms with Crippen molar-refractivity contribution in [2.24, 2.45) is 7.05 Å². The summed E-state index contributed by atoms with van der Waals surface area (Å²) in [5, 5.41) is 12.0. The highest BCUT2D eigenvalue weighted by Crippen LogP contribution is 2.11. The van der Waals surface area contributed by atoms with Gasteiger partial charge >= 0.3 is 5.97 Å². The summed E-state index contributed by atoms with van der Waals surface area (Å²) in [5.41, 5.74) is 2.89. The molecule has 0 unspecified atom stereocenters. The van der Waals surface area contributed by atoms with Gasteiger partial charge in [0.25, 0.3) is 0 Å². The molecule has 1 aliphatic heterocycles. The normalized spacial score (nSPS) is 14.3. The van der Waals surface area contributed by atoms with Gasteiger partial charge in [0.1, 0.15) is 11.4 Å². The minimum atomic E-state index is -0.232. The number of esters is 1. The van der Waals surface area contributed by atoms with Gasteiger partial charge in [0.2, 0.25) is 5.43 Å². The van der Waals surface area contributed by atoms with Gasteiger partial charge in [-0.25, -0.2) is 4.68 Å². The molecule has 9 nitrogen and oxygen atoms in total. The number of piperazine rings is 1. The van der Waals surface area contributed by atoms with E-state index < -0.39 is 0 Å². The summed E-state index contributed by atoms with van der Waals surface area (Å²) in [4.78, 5) is 27.0. The fourth-order valence-electron chi connectivity index (χ4n) is 3.91. The average Bonchev–Trinajstić information content (AvgIpc) is 3.25. The van der Waals surface area contributed by atoms with Crippen LogP contribution >= 0.6 is 0 Å². The van der Waals surface area contributed by atoms with Crippen LogP contribution in [0.15, 0.2) is 53.7 Å². The van der Waals surface area contributed by atoms with Crippen LogP contribution in [0.1, 0.15) is 23.2 Å². The lowest BCUT2D eigenvalue weighted by molar-refractivity contribution is -0.143. The molecule has 174 valence electrons. The van der Waals surface area contributed by atoms with E-state index in [1.807, 2.05) is 37.5 Å². The lowest BCUT2D eigenvalue weighted by Gasteiger charge is -2.26. The second-order valence-corrected chi connectivity index (χ2v) is 8.28. The van der Waals surface area contributed by atoms with E-state index in [0.29, 0.717) is 18.7 Å². The number of aryl methyl sites for hydroxylation is 1. The molecule has 33 heavy (non-hydrogen) atoms. The summed E-state index contributed by atoms with van der Waals surface area (Å²) in [6.07, 6.45) is 6.59. The highest BCUT2D eigenvalue weighted by Gasteiger charge is 2.11. The SMILES string of the molecule is Cn1cc(-n2ccc(=O)c(Cc3cccc(CC(=O)OCCCN4CCNCC4)c3)n2)cn1. The first kappa shape index (κ1) is 22.9. The largest absolute Gasteiger partial charge is 0.465 e. The molecule has 3 heterocycles. The van der Waals surface area contributed by atoms with Crippen LogP contribution in [0.5, 0.6) is 0 Å². The molecule has 1 saturated heterocycles. The topological polar surface area (TPSA) is 94.3 Å². The molecule has 0 bridgehead atoms. The Labute approximate surface area is 193 Å². The summed E-state index contributed by atoms with van der Waals surface area (Å²) < 4.78 is 8.75. The van der Waals surface area contributed by atoms with Crippen molar-refractivity contribution in [1.29, 1.82) is 0 Å². The maximum Gasteiger partial charge on any atom is 0.310 e. The number of nitrogens with zero attached hydrogens (tertiary/aromatic N) is 5. The number of hydrogen-bond acceptors (Lipinski definition) is 7. The lowest BCUT2D eigenvalue weighted by Crippen LogP contribution is -2.43. The standard InChI is InChI=1S/C24H30N6O3/c1-28-18-21(17-26-28)30-10-6-23(31)22(27-30)15-19-4-2-5-20(14-19)16-24(32)33-13-3-9-29-11-7-25-8-12-29/h2,4-6,10,14,17-18,25H,3,7-9,11-13,15-16H2,1H3. The molecule has 1 aliphatic rings. The highest BCUT2D eigenvalue weighted by molar-refractivity contribution is 5.72. The van der Waals surface area contributed by atoms with Crippen molar-refractivity contribution in [2.45, 2.75) is 19.3 Å². The zero-order valence-corrected chi connectivity index (χ0v) is 18.9. The first-order valence-electron chi connectivity index (χ1n) is 11.3. The van der Waals surface area contributed by atoms with Crippen LogP contribution in [-0.2, 0) is 29.4 Å². The van der Waals surface area contributed by atoms with Gasteiger partial charge in [0.05, 0.1) is 25.4 Å². The Hall–Kier alpha value is -3.30. The van der Waals surface area contributed by atoms with E-state index in [-0.39, 0.29) is 17.8 Å². The molecule has 0 saturated carbocycles. The number of carbonyl (C=O) groups is 1. The second-order valence-electron chi connectivity index (χ2n) is 8.28. The number of benzene rings is 1. The predicted octanol–water partition coefficient (Wildman–Crippen LogP) is 0.938. The van der Waals surface area contributed by atoms with E-state index in [0.717, 1.165) is 56.0 Å². The molecular formula is C24H30N6O3. The van der Waals surface area contributed by atoms with Crippen LogP contribution in [0.3, 0.4) is 0 Å². The van der Waals surface area contributed by atoms with Crippen molar-refractivity contribution >= 4 is 5.97 Å². The van der Waals surface area contributed by atoms with Crippen LogP contribution in [0, 0.1) is 0 Å². The van der Waals surface area contributed by atoms with Gasteiger partial charge in [-0.15, -0.1) is 0 Å². The van der Waals surface area contributed by atoms with E-state index in [9.17, 15) is 9.59 Å². The van der Waals surface area contributed by atoms with Crippen LogP contribution < -0.4 is 10.7 Å². The van der Waals surface area contributed by atoms with Gasteiger partial charge in [-0.3, -0.25) is 14.3 Å².